The summed E-state index contributed by atoms with van der Waals surface area (Å²) < 4.78 is 21.4. The maximum atomic E-state index is 13.5. The number of hydrogen-bond donors (Lipinski definition) is 2. The number of likely N-dealkylation sites (N-methyl/N-ethyl adjacent to an activating group) is 1. The van der Waals surface area contributed by atoms with Gasteiger partial charge in [0.25, 0.3) is 0 Å². The van der Waals surface area contributed by atoms with Crippen molar-refractivity contribution in [1.29, 1.82) is 0 Å². The zero-order valence-corrected chi connectivity index (χ0v) is 24.0. The van der Waals surface area contributed by atoms with Crippen LogP contribution < -0.4 is 15.4 Å². The van der Waals surface area contributed by atoms with Gasteiger partial charge in [0, 0.05) is 48.8 Å². The second-order valence-electron chi connectivity index (χ2n) is 9.74. The molecule has 7 nitrogen and oxygen atoms in total. The number of hydrogen-bond acceptors (Lipinski definition) is 6. The number of nitrogens with zero attached hydrogens (tertiary/aromatic N) is 4. The third kappa shape index (κ3) is 7.41. The first-order chi connectivity index (χ1) is 20.0. The molecule has 212 valence electrons. The van der Waals surface area contributed by atoms with Crippen molar-refractivity contribution in [3.8, 4) is 11.4 Å². The van der Waals surface area contributed by atoms with E-state index in [-0.39, 0.29) is 12.4 Å². The number of anilines is 2. The van der Waals surface area contributed by atoms with Crippen LogP contribution in [0.3, 0.4) is 0 Å². The van der Waals surface area contributed by atoms with Gasteiger partial charge in [0.05, 0.1) is 10.5 Å². The van der Waals surface area contributed by atoms with E-state index in [9.17, 15) is 4.39 Å². The van der Waals surface area contributed by atoms with Crippen molar-refractivity contribution in [3.05, 3.63) is 107 Å². The molecule has 0 radical (unpaired) electrons. The number of rotatable bonds is 13. The molecule has 5 rings (SSSR count). The first kappa shape index (κ1) is 28.5. The molecule has 0 saturated carbocycles. The summed E-state index contributed by atoms with van der Waals surface area (Å²) in [5, 5.41) is 8.24. The Kier molecular flexibility index (Phi) is 9.46. The smallest absolute Gasteiger partial charge is 0.141 e. The van der Waals surface area contributed by atoms with Crippen LogP contribution in [-0.2, 0) is 13.2 Å². The van der Waals surface area contributed by atoms with Gasteiger partial charge < -0.3 is 24.8 Å². The molecule has 0 aliphatic rings. The molecule has 0 fully saturated rings. The molecule has 3 aromatic carbocycles. The van der Waals surface area contributed by atoms with Gasteiger partial charge >= 0.3 is 0 Å². The van der Waals surface area contributed by atoms with E-state index in [1.807, 2.05) is 12.1 Å². The minimum atomic E-state index is -0.299. The summed E-state index contributed by atoms with van der Waals surface area (Å²) in [6, 6.07) is 20.0. The van der Waals surface area contributed by atoms with E-state index in [2.05, 4.69) is 74.5 Å². The summed E-state index contributed by atoms with van der Waals surface area (Å²) in [4.78, 5) is 11.4. The largest absolute Gasteiger partial charge is 0.487 e. The third-order valence-corrected chi connectivity index (χ3v) is 7.27. The predicted octanol–water partition coefficient (Wildman–Crippen LogP) is 6.97. The normalized spacial score (nSPS) is 11.3. The molecule has 0 spiro atoms. The standard InChI is InChI=1S/C32H34ClFN6O/c1-3-39(4-2)15-13-35-19-24-12-14-40(20-24)27-9-10-30-28(18-27)32(37-22-36-30)38-26-8-11-31(29(33)17-26)41-21-23-6-5-7-25(34)16-23/h5-12,14,16-18,20,22,35H,3-4,13,15,19,21H2,1-2H3,(H,36,37,38). The monoisotopic (exact) mass is 572 g/mol. The summed E-state index contributed by atoms with van der Waals surface area (Å²) in [6.07, 6.45) is 5.76. The van der Waals surface area contributed by atoms with Gasteiger partial charge in [-0.3, -0.25) is 0 Å². The molecule has 0 aliphatic heterocycles. The summed E-state index contributed by atoms with van der Waals surface area (Å²) in [5.74, 6) is 0.890. The zero-order valence-electron chi connectivity index (χ0n) is 23.3. The van der Waals surface area contributed by atoms with Gasteiger partial charge in [0.2, 0.25) is 0 Å². The summed E-state index contributed by atoms with van der Waals surface area (Å²) in [6.45, 7) is 9.57. The van der Waals surface area contributed by atoms with E-state index in [1.165, 1.54) is 17.7 Å². The molecule has 9 heteroatoms. The molecule has 41 heavy (non-hydrogen) atoms. The van der Waals surface area contributed by atoms with Crippen molar-refractivity contribution < 1.29 is 9.13 Å². The Hall–Kier alpha value is -3.98. The van der Waals surface area contributed by atoms with Gasteiger partial charge in [0.15, 0.2) is 0 Å². The second kappa shape index (κ2) is 13.6. The number of benzene rings is 3. The Balaban J connectivity index is 1.27. The molecule has 0 saturated heterocycles. The van der Waals surface area contributed by atoms with Crippen molar-refractivity contribution in [2.45, 2.75) is 27.0 Å². The van der Waals surface area contributed by atoms with Crippen molar-refractivity contribution >= 4 is 34.0 Å². The highest BCUT2D eigenvalue weighted by Crippen LogP contribution is 2.31. The summed E-state index contributed by atoms with van der Waals surface area (Å²) in [5.41, 5.74) is 4.56. The molecule has 2 aromatic heterocycles. The molecule has 2 N–H and O–H groups in total. The third-order valence-electron chi connectivity index (χ3n) is 6.98. The quantitative estimate of drug-likeness (QED) is 0.149. The van der Waals surface area contributed by atoms with E-state index < -0.39 is 0 Å². The van der Waals surface area contributed by atoms with Gasteiger partial charge in [-0.2, -0.15) is 0 Å². The Morgan fingerprint density at radius 1 is 0.976 bits per heavy atom. The highest BCUT2D eigenvalue weighted by atomic mass is 35.5. The lowest BCUT2D eigenvalue weighted by Gasteiger charge is -2.17. The van der Waals surface area contributed by atoms with E-state index in [0.717, 1.165) is 60.6 Å². The van der Waals surface area contributed by atoms with Gasteiger partial charge in [-0.05, 0) is 78.8 Å². The minimum Gasteiger partial charge on any atom is -0.487 e. The van der Waals surface area contributed by atoms with Crippen LogP contribution in [0.5, 0.6) is 5.75 Å². The Morgan fingerprint density at radius 3 is 2.66 bits per heavy atom. The average molecular weight is 573 g/mol. The van der Waals surface area contributed by atoms with Crippen LogP contribution in [0, 0.1) is 5.82 Å². The topological polar surface area (TPSA) is 67.2 Å². The van der Waals surface area contributed by atoms with Gasteiger partial charge in [-0.15, -0.1) is 0 Å². The molecular formula is C32H34ClFN6O. The molecule has 0 amide bonds. The maximum absolute atomic E-state index is 13.5. The Labute approximate surface area is 245 Å². The average Bonchev–Trinajstić information content (AvgIpc) is 3.46. The highest BCUT2D eigenvalue weighted by molar-refractivity contribution is 6.32. The number of aromatic nitrogens is 3. The van der Waals surface area contributed by atoms with Crippen LogP contribution in [0.15, 0.2) is 85.5 Å². The Bertz CT molecular complexity index is 1600. The van der Waals surface area contributed by atoms with Crippen LogP contribution in [-0.4, -0.2) is 45.6 Å². The van der Waals surface area contributed by atoms with Crippen molar-refractivity contribution in [1.82, 2.24) is 24.8 Å². The van der Waals surface area contributed by atoms with Crippen LogP contribution >= 0.6 is 11.6 Å². The predicted molar refractivity (Wildman–Crippen MR) is 164 cm³/mol. The number of fused-ring (bicyclic) bond motifs is 1. The molecule has 0 bridgehead atoms. The fraction of sp³-hybridized carbons (Fsp3) is 0.250. The van der Waals surface area contributed by atoms with Gasteiger partial charge in [-0.1, -0.05) is 37.6 Å². The van der Waals surface area contributed by atoms with Crippen LogP contribution in [0.25, 0.3) is 16.6 Å². The molecule has 0 aliphatic carbocycles. The van der Waals surface area contributed by atoms with E-state index >= 15 is 0 Å². The van der Waals surface area contributed by atoms with Gasteiger partial charge in [0.1, 0.15) is 30.3 Å². The highest BCUT2D eigenvalue weighted by Gasteiger charge is 2.10. The van der Waals surface area contributed by atoms with Gasteiger partial charge in [-0.25, -0.2) is 14.4 Å². The number of nitrogens with one attached hydrogen (secondary N) is 2. The number of halogens is 2. The lowest BCUT2D eigenvalue weighted by Crippen LogP contribution is -2.31. The molecule has 2 heterocycles. The summed E-state index contributed by atoms with van der Waals surface area (Å²) in [7, 11) is 0. The minimum absolute atomic E-state index is 0.219. The Morgan fingerprint density at radius 2 is 1.85 bits per heavy atom. The number of ether oxygens (including phenoxy) is 1. The van der Waals surface area contributed by atoms with Crippen molar-refractivity contribution in [2.24, 2.45) is 0 Å². The lowest BCUT2D eigenvalue weighted by atomic mass is 10.2. The summed E-state index contributed by atoms with van der Waals surface area (Å²) >= 11 is 6.51. The van der Waals surface area contributed by atoms with Crippen LogP contribution in [0.2, 0.25) is 5.02 Å². The van der Waals surface area contributed by atoms with E-state index in [4.69, 9.17) is 16.3 Å². The first-order valence-electron chi connectivity index (χ1n) is 13.8. The second-order valence-corrected chi connectivity index (χ2v) is 10.2. The SMILES string of the molecule is CCN(CC)CCNCc1ccn(-c2ccc3ncnc(Nc4ccc(OCc5cccc(F)c5)c(Cl)c4)c3c2)c1. The molecule has 0 unspecified atom stereocenters. The molecule has 0 atom stereocenters. The first-order valence-corrected chi connectivity index (χ1v) is 14.2. The fourth-order valence-corrected chi connectivity index (χ4v) is 4.88. The van der Waals surface area contributed by atoms with Crippen molar-refractivity contribution in [3.63, 3.8) is 0 Å². The zero-order chi connectivity index (χ0) is 28.6. The van der Waals surface area contributed by atoms with E-state index in [0.29, 0.717) is 16.6 Å². The maximum Gasteiger partial charge on any atom is 0.141 e. The molecular weight excluding hydrogens is 539 g/mol. The molecule has 5 aromatic rings. The lowest BCUT2D eigenvalue weighted by molar-refractivity contribution is 0.302. The van der Waals surface area contributed by atoms with E-state index in [1.54, 1.807) is 30.6 Å². The van der Waals surface area contributed by atoms with Crippen LogP contribution in [0.1, 0.15) is 25.0 Å². The van der Waals surface area contributed by atoms with Crippen LogP contribution in [0.4, 0.5) is 15.9 Å². The fourth-order valence-electron chi connectivity index (χ4n) is 4.64. The van der Waals surface area contributed by atoms with Crippen molar-refractivity contribution in [2.75, 3.05) is 31.5 Å².